The lowest BCUT2D eigenvalue weighted by Gasteiger charge is -2.17. The van der Waals surface area contributed by atoms with Gasteiger partial charge in [0.15, 0.2) is 11.5 Å². The van der Waals surface area contributed by atoms with E-state index in [9.17, 15) is 9.59 Å². The lowest BCUT2D eigenvalue weighted by atomic mass is 10.1. The van der Waals surface area contributed by atoms with E-state index in [1.54, 1.807) is 56.6 Å². The number of nitrogens with one attached hydrogen (secondary N) is 1. The number of hydrogen-bond donors (Lipinski definition) is 1. The van der Waals surface area contributed by atoms with Crippen LogP contribution in [0.3, 0.4) is 0 Å². The summed E-state index contributed by atoms with van der Waals surface area (Å²) in [7, 11) is 7.71. The van der Waals surface area contributed by atoms with Gasteiger partial charge in [0, 0.05) is 29.7 Å². The van der Waals surface area contributed by atoms with Crippen molar-refractivity contribution in [1.29, 1.82) is 0 Å². The van der Waals surface area contributed by atoms with E-state index < -0.39 is 5.91 Å². The second kappa shape index (κ2) is 9.97. The quantitative estimate of drug-likeness (QED) is 0.638. The minimum atomic E-state index is -0.404. The molecule has 0 saturated heterocycles. The van der Waals surface area contributed by atoms with Gasteiger partial charge in [-0.2, -0.15) is 0 Å². The van der Waals surface area contributed by atoms with E-state index in [1.165, 1.54) is 26.2 Å². The number of halogens is 1. The van der Waals surface area contributed by atoms with Gasteiger partial charge >= 0.3 is 0 Å². The summed E-state index contributed by atoms with van der Waals surface area (Å²) >= 11 is 3.33. The number of carbonyl (C=O) groups is 2. The highest BCUT2D eigenvalue weighted by atomic mass is 79.9. The third kappa shape index (κ3) is 5.29. The zero-order valence-electron chi connectivity index (χ0n) is 16.9. The van der Waals surface area contributed by atoms with Crippen molar-refractivity contribution in [3.63, 3.8) is 0 Å². The van der Waals surface area contributed by atoms with Crippen LogP contribution in [0.25, 0.3) is 6.08 Å². The van der Waals surface area contributed by atoms with E-state index >= 15 is 0 Å². The molecular formula is C21H23BrN2O5. The first-order valence-electron chi connectivity index (χ1n) is 8.61. The van der Waals surface area contributed by atoms with Crippen molar-refractivity contribution >= 4 is 33.8 Å². The maximum Gasteiger partial charge on any atom is 0.269 e. The van der Waals surface area contributed by atoms with Gasteiger partial charge in [0.1, 0.15) is 5.70 Å². The highest BCUT2D eigenvalue weighted by Gasteiger charge is 2.20. The molecular weight excluding hydrogens is 440 g/mol. The normalized spacial score (nSPS) is 10.9. The van der Waals surface area contributed by atoms with Gasteiger partial charge in [-0.15, -0.1) is 0 Å². The molecule has 2 amide bonds. The summed E-state index contributed by atoms with van der Waals surface area (Å²) in [6.07, 6.45) is 1.54. The Morgan fingerprint density at radius 2 is 1.55 bits per heavy atom. The second-order valence-electron chi connectivity index (χ2n) is 6.14. The minimum Gasteiger partial charge on any atom is -0.493 e. The van der Waals surface area contributed by atoms with Crippen molar-refractivity contribution in [2.24, 2.45) is 0 Å². The third-order valence-corrected chi connectivity index (χ3v) is 4.55. The van der Waals surface area contributed by atoms with Gasteiger partial charge in [-0.05, 0) is 42.5 Å². The Balaban J connectivity index is 2.50. The van der Waals surface area contributed by atoms with Crippen LogP contribution in [0.1, 0.15) is 15.9 Å². The highest BCUT2D eigenvalue weighted by Crippen LogP contribution is 2.40. The zero-order valence-corrected chi connectivity index (χ0v) is 18.5. The van der Waals surface area contributed by atoms with Crippen molar-refractivity contribution in [2.75, 3.05) is 35.4 Å². The average Bonchev–Trinajstić information content (AvgIpc) is 2.72. The third-order valence-electron chi connectivity index (χ3n) is 4.03. The number of likely N-dealkylation sites (N-methyl/N-ethyl adjacent to an activating group) is 1. The van der Waals surface area contributed by atoms with Gasteiger partial charge in [-0.1, -0.05) is 15.9 Å². The van der Waals surface area contributed by atoms with Crippen molar-refractivity contribution in [3.8, 4) is 17.2 Å². The molecule has 0 aliphatic heterocycles. The Morgan fingerprint density at radius 3 is 2.07 bits per heavy atom. The molecule has 8 heteroatoms. The predicted octanol–water partition coefficient (Wildman–Crippen LogP) is 3.33. The van der Waals surface area contributed by atoms with Crippen LogP contribution in [-0.4, -0.2) is 52.1 Å². The molecule has 0 atom stereocenters. The molecule has 0 unspecified atom stereocenters. The van der Waals surface area contributed by atoms with Crippen LogP contribution in [-0.2, 0) is 4.79 Å². The molecule has 0 aliphatic carbocycles. The molecule has 0 bridgehead atoms. The van der Waals surface area contributed by atoms with Crippen LogP contribution in [0.5, 0.6) is 17.2 Å². The van der Waals surface area contributed by atoms with E-state index in [2.05, 4.69) is 21.2 Å². The summed E-state index contributed by atoms with van der Waals surface area (Å²) in [4.78, 5) is 26.7. The monoisotopic (exact) mass is 462 g/mol. The van der Waals surface area contributed by atoms with Crippen molar-refractivity contribution in [3.05, 3.63) is 57.7 Å². The number of methoxy groups -OCH3 is 3. The second-order valence-corrected chi connectivity index (χ2v) is 7.06. The molecule has 0 aromatic heterocycles. The molecule has 2 aromatic carbocycles. The van der Waals surface area contributed by atoms with E-state index in [-0.39, 0.29) is 11.6 Å². The van der Waals surface area contributed by atoms with E-state index in [0.29, 0.717) is 28.4 Å². The minimum absolute atomic E-state index is 0.0911. The first kappa shape index (κ1) is 22.3. The highest BCUT2D eigenvalue weighted by molar-refractivity contribution is 9.10. The lowest BCUT2D eigenvalue weighted by molar-refractivity contribution is -0.124. The van der Waals surface area contributed by atoms with Gasteiger partial charge in [0.25, 0.3) is 11.8 Å². The Bertz CT molecular complexity index is 923. The fourth-order valence-corrected chi connectivity index (χ4v) is 2.85. The van der Waals surface area contributed by atoms with Crippen molar-refractivity contribution in [1.82, 2.24) is 10.2 Å². The van der Waals surface area contributed by atoms with Crippen LogP contribution >= 0.6 is 15.9 Å². The molecule has 154 valence electrons. The molecule has 2 aromatic rings. The fraction of sp³-hybridized carbons (Fsp3) is 0.238. The Labute approximate surface area is 178 Å². The van der Waals surface area contributed by atoms with Crippen LogP contribution in [0.15, 0.2) is 46.6 Å². The summed E-state index contributed by atoms with van der Waals surface area (Å²) in [5, 5.41) is 2.69. The summed E-state index contributed by atoms with van der Waals surface area (Å²) < 4.78 is 17.0. The number of benzene rings is 2. The van der Waals surface area contributed by atoms with Crippen LogP contribution in [0, 0.1) is 0 Å². The van der Waals surface area contributed by atoms with E-state index in [4.69, 9.17) is 14.2 Å². The molecule has 0 aliphatic rings. The molecule has 0 heterocycles. The van der Waals surface area contributed by atoms with Crippen LogP contribution in [0.4, 0.5) is 0 Å². The Kier molecular flexibility index (Phi) is 7.67. The maximum atomic E-state index is 12.7. The first-order valence-corrected chi connectivity index (χ1v) is 9.40. The van der Waals surface area contributed by atoms with Gasteiger partial charge in [-0.25, -0.2) is 0 Å². The summed E-state index contributed by atoms with van der Waals surface area (Å²) in [5.74, 6) is 0.486. The molecule has 29 heavy (non-hydrogen) atoms. The van der Waals surface area contributed by atoms with Gasteiger partial charge in [-0.3, -0.25) is 9.59 Å². The van der Waals surface area contributed by atoms with E-state index in [1.807, 2.05) is 0 Å². The Hall–Kier alpha value is -3.00. The molecule has 0 spiro atoms. The predicted molar refractivity (Wildman–Crippen MR) is 114 cm³/mol. The first-order chi connectivity index (χ1) is 13.8. The smallest absolute Gasteiger partial charge is 0.269 e. The number of rotatable bonds is 7. The summed E-state index contributed by atoms with van der Waals surface area (Å²) in [6.45, 7) is 0. The molecule has 0 radical (unpaired) electrons. The van der Waals surface area contributed by atoms with Crippen LogP contribution < -0.4 is 19.5 Å². The fourth-order valence-electron chi connectivity index (χ4n) is 2.58. The standard InChI is InChI=1S/C21H23BrN2O5/c1-24(2)21(26)16(23-20(25)13-6-9-15(22)10-7-13)12-14-8-11-17(27-3)19(29-5)18(14)28-4/h6-12H,1-5H3,(H,23,25). The Morgan fingerprint density at radius 1 is 0.931 bits per heavy atom. The van der Waals surface area contributed by atoms with Gasteiger partial charge in [0.05, 0.1) is 21.3 Å². The molecule has 1 N–H and O–H groups in total. The number of carbonyl (C=O) groups excluding carboxylic acids is 2. The number of ether oxygens (including phenoxy) is 3. The average molecular weight is 463 g/mol. The largest absolute Gasteiger partial charge is 0.493 e. The lowest BCUT2D eigenvalue weighted by Crippen LogP contribution is -2.34. The van der Waals surface area contributed by atoms with Crippen molar-refractivity contribution < 1.29 is 23.8 Å². The molecule has 0 fully saturated rings. The molecule has 2 rings (SSSR count). The number of amides is 2. The van der Waals surface area contributed by atoms with Gasteiger partial charge in [0.2, 0.25) is 5.75 Å². The van der Waals surface area contributed by atoms with E-state index in [0.717, 1.165) is 4.47 Å². The van der Waals surface area contributed by atoms with Crippen molar-refractivity contribution in [2.45, 2.75) is 0 Å². The number of hydrogen-bond acceptors (Lipinski definition) is 5. The zero-order chi connectivity index (χ0) is 21.6. The molecule has 0 saturated carbocycles. The number of nitrogens with zero attached hydrogens (tertiary/aromatic N) is 1. The van der Waals surface area contributed by atoms with Crippen LogP contribution in [0.2, 0.25) is 0 Å². The SMILES string of the molecule is COc1ccc(C=C(NC(=O)c2ccc(Br)cc2)C(=O)N(C)C)c(OC)c1OC. The summed E-state index contributed by atoms with van der Waals surface area (Å²) in [5.41, 5.74) is 1.06. The molecule has 7 nitrogen and oxygen atoms in total. The maximum absolute atomic E-state index is 12.7. The van der Waals surface area contributed by atoms with Gasteiger partial charge < -0.3 is 24.4 Å². The summed E-state index contributed by atoms with van der Waals surface area (Å²) in [6, 6.07) is 10.2. The topological polar surface area (TPSA) is 77.1 Å².